The minimum absolute atomic E-state index is 0.00462. The number of nitrogens with zero attached hydrogens (tertiary/aromatic N) is 2. The van der Waals surface area contributed by atoms with Gasteiger partial charge >= 0.3 is 6.03 Å². The molecule has 140 valence electrons. The quantitative estimate of drug-likeness (QED) is 0.872. The molecule has 6 heteroatoms. The topological polar surface area (TPSA) is 64.7 Å². The van der Waals surface area contributed by atoms with Crippen molar-refractivity contribution >= 4 is 23.3 Å². The van der Waals surface area contributed by atoms with Gasteiger partial charge in [-0.2, -0.15) is 0 Å². The molecule has 1 saturated carbocycles. The molecule has 2 aliphatic heterocycles. The van der Waals surface area contributed by atoms with Crippen LogP contribution in [0.1, 0.15) is 38.5 Å². The maximum Gasteiger partial charge on any atom is 0.319 e. The number of hydrogen-bond acceptors (Lipinski definition) is 3. The van der Waals surface area contributed by atoms with Crippen LogP contribution in [-0.4, -0.2) is 49.1 Å². The van der Waals surface area contributed by atoms with Gasteiger partial charge in [-0.25, -0.2) is 4.79 Å². The molecule has 0 aromatic heterocycles. The Balaban J connectivity index is 1.34. The molecule has 1 aliphatic carbocycles. The zero-order chi connectivity index (χ0) is 17.9. The summed E-state index contributed by atoms with van der Waals surface area (Å²) in [6, 6.07) is 8.26. The lowest BCUT2D eigenvalue weighted by Gasteiger charge is -2.31. The summed E-state index contributed by atoms with van der Waals surface area (Å²) in [7, 11) is 0. The highest BCUT2D eigenvalue weighted by atomic mass is 16.2. The number of rotatable bonds is 4. The van der Waals surface area contributed by atoms with Crippen LogP contribution in [-0.2, 0) is 4.79 Å². The first-order chi connectivity index (χ1) is 12.7. The first-order valence-corrected chi connectivity index (χ1v) is 9.89. The van der Waals surface area contributed by atoms with Gasteiger partial charge < -0.3 is 20.4 Å². The van der Waals surface area contributed by atoms with E-state index in [0.717, 1.165) is 49.8 Å². The molecule has 2 unspecified atom stereocenters. The van der Waals surface area contributed by atoms with Crippen LogP contribution in [0, 0.1) is 5.92 Å². The van der Waals surface area contributed by atoms with E-state index in [1.54, 1.807) is 0 Å². The standard InChI is InChI=1S/C20H28N4O2/c25-19(23-10-4-1-5-11-23)13-21-20(26)22-17-6-2-3-7-18(17)24-14-15-8-9-16(24)12-15/h2-3,6-7,15-16H,1,4-5,8-14H2,(H2,21,22,26). The first kappa shape index (κ1) is 17.2. The molecular formula is C20H28N4O2. The van der Waals surface area contributed by atoms with E-state index in [-0.39, 0.29) is 18.5 Å². The van der Waals surface area contributed by atoms with Gasteiger partial charge in [0.1, 0.15) is 0 Å². The predicted molar refractivity (Wildman–Crippen MR) is 102 cm³/mol. The fourth-order valence-electron chi connectivity index (χ4n) is 4.63. The highest BCUT2D eigenvalue weighted by Gasteiger charge is 2.38. The summed E-state index contributed by atoms with van der Waals surface area (Å²) in [4.78, 5) is 28.8. The summed E-state index contributed by atoms with van der Waals surface area (Å²) < 4.78 is 0. The van der Waals surface area contributed by atoms with Crippen molar-refractivity contribution in [2.75, 3.05) is 36.4 Å². The van der Waals surface area contributed by atoms with Crippen molar-refractivity contribution in [3.8, 4) is 0 Å². The Morgan fingerprint density at radius 1 is 1.08 bits per heavy atom. The number of likely N-dealkylation sites (tertiary alicyclic amines) is 1. The number of para-hydroxylation sites is 2. The minimum Gasteiger partial charge on any atom is -0.367 e. The van der Waals surface area contributed by atoms with Crippen LogP contribution in [0.25, 0.3) is 0 Å². The second-order valence-electron chi connectivity index (χ2n) is 7.75. The minimum atomic E-state index is -0.313. The van der Waals surface area contributed by atoms with E-state index in [1.165, 1.54) is 25.7 Å². The number of piperidine rings is 2. The van der Waals surface area contributed by atoms with E-state index in [0.29, 0.717) is 6.04 Å². The molecule has 2 N–H and O–H groups in total. The van der Waals surface area contributed by atoms with Gasteiger partial charge in [0.2, 0.25) is 5.91 Å². The van der Waals surface area contributed by atoms with Crippen LogP contribution in [0.5, 0.6) is 0 Å². The fraction of sp³-hybridized carbons (Fsp3) is 0.600. The molecule has 2 bridgehead atoms. The number of hydrogen-bond donors (Lipinski definition) is 2. The molecule has 1 aromatic rings. The molecule has 3 aliphatic rings. The summed E-state index contributed by atoms with van der Waals surface area (Å²) in [5, 5.41) is 5.66. The van der Waals surface area contributed by atoms with E-state index in [1.807, 2.05) is 23.1 Å². The van der Waals surface area contributed by atoms with Gasteiger partial charge in [-0.15, -0.1) is 0 Å². The molecular weight excluding hydrogens is 328 g/mol. The third kappa shape index (κ3) is 3.64. The summed E-state index contributed by atoms with van der Waals surface area (Å²) in [6.07, 6.45) is 7.15. The molecule has 0 spiro atoms. The van der Waals surface area contributed by atoms with E-state index in [9.17, 15) is 9.59 Å². The van der Waals surface area contributed by atoms with Gasteiger partial charge in [-0.1, -0.05) is 12.1 Å². The second kappa shape index (κ2) is 7.56. The molecule has 1 aromatic carbocycles. The van der Waals surface area contributed by atoms with E-state index in [2.05, 4.69) is 21.6 Å². The van der Waals surface area contributed by atoms with Gasteiger partial charge in [0, 0.05) is 25.7 Å². The van der Waals surface area contributed by atoms with Crippen LogP contribution in [0.4, 0.5) is 16.2 Å². The molecule has 3 amide bonds. The largest absolute Gasteiger partial charge is 0.367 e. The van der Waals surface area contributed by atoms with Crippen LogP contribution in [0.15, 0.2) is 24.3 Å². The average molecular weight is 356 g/mol. The predicted octanol–water partition coefficient (Wildman–Crippen LogP) is 2.81. The zero-order valence-electron chi connectivity index (χ0n) is 15.2. The number of amides is 3. The molecule has 6 nitrogen and oxygen atoms in total. The summed E-state index contributed by atoms with van der Waals surface area (Å²) in [5.41, 5.74) is 1.92. The number of nitrogens with one attached hydrogen (secondary N) is 2. The molecule has 3 fully saturated rings. The summed E-state index contributed by atoms with van der Waals surface area (Å²) >= 11 is 0. The van der Waals surface area contributed by atoms with Gasteiger partial charge in [0.15, 0.2) is 0 Å². The summed E-state index contributed by atoms with van der Waals surface area (Å²) in [6.45, 7) is 2.76. The summed E-state index contributed by atoms with van der Waals surface area (Å²) in [5.74, 6) is 0.800. The molecule has 2 heterocycles. The van der Waals surface area contributed by atoms with Crippen molar-refractivity contribution < 1.29 is 9.59 Å². The SMILES string of the molecule is O=C(NCC(=O)N1CCCCC1)Nc1ccccc1N1CC2CCC1C2. The monoisotopic (exact) mass is 356 g/mol. The third-order valence-electron chi connectivity index (χ3n) is 5.98. The Hall–Kier alpha value is -2.24. The third-order valence-corrected chi connectivity index (χ3v) is 5.98. The Kier molecular flexibility index (Phi) is 5.00. The molecule has 4 rings (SSSR count). The number of urea groups is 1. The van der Waals surface area contributed by atoms with E-state index >= 15 is 0 Å². The maximum absolute atomic E-state index is 12.3. The molecule has 26 heavy (non-hydrogen) atoms. The van der Waals surface area contributed by atoms with Gasteiger partial charge in [-0.05, 0) is 56.6 Å². The molecule has 2 saturated heterocycles. The highest BCUT2D eigenvalue weighted by molar-refractivity contribution is 5.95. The zero-order valence-corrected chi connectivity index (χ0v) is 15.2. The van der Waals surface area contributed by atoms with Gasteiger partial charge in [0.25, 0.3) is 0 Å². The second-order valence-corrected chi connectivity index (χ2v) is 7.75. The highest BCUT2D eigenvalue weighted by Crippen LogP contribution is 2.42. The first-order valence-electron chi connectivity index (χ1n) is 9.89. The van der Waals surface area contributed by atoms with Crippen LogP contribution in [0.2, 0.25) is 0 Å². The maximum atomic E-state index is 12.3. The van der Waals surface area contributed by atoms with Crippen molar-refractivity contribution in [1.29, 1.82) is 0 Å². The average Bonchev–Trinajstić information content (AvgIpc) is 3.31. The Morgan fingerprint density at radius 2 is 1.88 bits per heavy atom. The smallest absolute Gasteiger partial charge is 0.319 e. The van der Waals surface area contributed by atoms with Crippen molar-refractivity contribution in [3.63, 3.8) is 0 Å². The Morgan fingerprint density at radius 3 is 2.62 bits per heavy atom. The fourth-order valence-corrected chi connectivity index (χ4v) is 4.63. The Labute approximate surface area is 154 Å². The lowest BCUT2D eigenvalue weighted by atomic mass is 10.1. The van der Waals surface area contributed by atoms with Gasteiger partial charge in [0.05, 0.1) is 17.9 Å². The van der Waals surface area contributed by atoms with Crippen LogP contribution < -0.4 is 15.5 Å². The number of carbonyl (C=O) groups is 2. The number of fused-ring (bicyclic) bond motifs is 2. The van der Waals surface area contributed by atoms with E-state index in [4.69, 9.17) is 0 Å². The number of anilines is 2. The normalized spacial score (nSPS) is 24.6. The van der Waals surface area contributed by atoms with Crippen LogP contribution in [0.3, 0.4) is 0 Å². The number of benzene rings is 1. The van der Waals surface area contributed by atoms with Gasteiger partial charge in [-0.3, -0.25) is 4.79 Å². The molecule has 2 atom stereocenters. The number of carbonyl (C=O) groups excluding carboxylic acids is 2. The van der Waals surface area contributed by atoms with Crippen LogP contribution >= 0.6 is 0 Å². The van der Waals surface area contributed by atoms with Crippen molar-refractivity contribution in [2.45, 2.75) is 44.6 Å². The van der Waals surface area contributed by atoms with Crippen molar-refractivity contribution in [2.24, 2.45) is 5.92 Å². The lowest BCUT2D eigenvalue weighted by Crippen LogP contribution is -2.43. The van der Waals surface area contributed by atoms with Crippen molar-refractivity contribution in [3.05, 3.63) is 24.3 Å². The Bertz CT molecular complexity index is 672. The molecule has 0 radical (unpaired) electrons. The lowest BCUT2D eigenvalue weighted by molar-refractivity contribution is -0.130. The van der Waals surface area contributed by atoms with E-state index < -0.39 is 0 Å². The van der Waals surface area contributed by atoms with Crippen molar-refractivity contribution in [1.82, 2.24) is 10.2 Å².